The van der Waals surface area contributed by atoms with Gasteiger partial charge in [-0.15, -0.1) is 4.59 Å². The molecule has 0 aromatic carbocycles. The molecular formula is C5H8N3O2+. The zero-order valence-corrected chi connectivity index (χ0v) is 5.55. The monoisotopic (exact) mass is 142 g/mol. The third-order valence-electron chi connectivity index (χ3n) is 2.05. The summed E-state index contributed by atoms with van der Waals surface area (Å²) in [4.78, 5) is 21.6. The summed E-state index contributed by atoms with van der Waals surface area (Å²) in [6, 6.07) is -0.363. The van der Waals surface area contributed by atoms with Crippen molar-refractivity contribution in [3.05, 3.63) is 0 Å². The lowest BCUT2D eigenvalue weighted by molar-refractivity contribution is -0.758. The molecule has 54 valence electrons. The van der Waals surface area contributed by atoms with Crippen molar-refractivity contribution in [1.82, 2.24) is 10.7 Å². The summed E-state index contributed by atoms with van der Waals surface area (Å²) >= 11 is 0. The van der Waals surface area contributed by atoms with Crippen LogP contribution in [0, 0.1) is 0 Å². The molecule has 5 heteroatoms. The summed E-state index contributed by atoms with van der Waals surface area (Å²) in [5.74, 6) is 0. The maximum atomic E-state index is 11.0. The van der Waals surface area contributed by atoms with E-state index in [9.17, 15) is 9.59 Å². The van der Waals surface area contributed by atoms with E-state index in [0.717, 1.165) is 6.54 Å². The molecular weight excluding hydrogens is 134 g/mol. The number of carbonyl (C=O) groups is 2. The molecule has 2 N–H and O–H groups in total. The zero-order valence-electron chi connectivity index (χ0n) is 5.55. The van der Waals surface area contributed by atoms with Crippen LogP contribution in [0.5, 0.6) is 0 Å². The molecule has 0 aromatic heterocycles. The molecule has 0 aliphatic carbocycles. The third kappa shape index (κ3) is 0.458. The Morgan fingerprint density at radius 3 is 2.40 bits per heavy atom. The highest BCUT2D eigenvalue weighted by Gasteiger charge is 2.65. The molecule has 0 bridgehead atoms. The van der Waals surface area contributed by atoms with Crippen LogP contribution in [-0.4, -0.2) is 29.2 Å². The fourth-order valence-electron chi connectivity index (χ4n) is 1.27. The highest BCUT2D eigenvalue weighted by atomic mass is 16.2. The maximum Gasteiger partial charge on any atom is 0.450 e. The maximum absolute atomic E-state index is 11.0. The number of carbonyl (C=O) groups excluding carboxylic acids is 2. The molecule has 2 fully saturated rings. The van der Waals surface area contributed by atoms with Crippen molar-refractivity contribution < 1.29 is 14.2 Å². The number of hydrogen-bond acceptors (Lipinski definition) is 2. The van der Waals surface area contributed by atoms with Crippen LogP contribution in [-0.2, 0) is 0 Å². The van der Waals surface area contributed by atoms with Crippen molar-refractivity contribution in [3.8, 4) is 0 Å². The van der Waals surface area contributed by atoms with Gasteiger partial charge >= 0.3 is 12.1 Å². The summed E-state index contributed by atoms with van der Waals surface area (Å²) in [7, 11) is 0. The van der Waals surface area contributed by atoms with E-state index in [1.165, 1.54) is 0 Å². The highest BCUT2D eigenvalue weighted by molar-refractivity contribution is 5.94. The van der Waals surface area contributed by atoms with Gasteiger partial charge in [-0.1, -0.05) is 0 Å². The first-order chi connectivity index (χ1) is 4.65. The number of urea groups is 2. The molecule has 2 saturated heterocycles. The molecule has 2 rings (SSSR count). The Morgan fingerprint density at radius 2 is 2.20 bits per heavy atom. The van der Waals surface area contributed by atoms with E-state index >= 15 is 0 Å². The fourth-order valence-corrected chi connectivity index (χ4v) is 1.27. The van der Waals surface area contributed by atoms with E-state index in [1.54, 1.807) is 0 Å². The molecule has 0 aromatic rings. The second kappa shape index (κ2) is 1.32. The van der Waals surface area contributed by atoms with Crippen LogP contribution in [0.15, 0.2) is 0 Å². The average Bonchev–Trinajstić information content (AvgIpc) is 2.33. The minimum absolute atomic E-state index is 0.110. The number of amides is 4. The van der Waals surface area contributed by atoms with Gasteiger partial charge in [0.1, 0.15) is 0 Å². The van der Waals surface area contributed by atoms with Gasteiger partial charge in [0, 0.05) is 0 Å². The number of nitrogens with zero attached hydrogens (tertiary/aromatic N) is 1. The molecule has 0 saturated carbocycles. The largest absolute Gasteiger partial charge is 0.450 e. The van der Waals surface area contributed by atoms with E-state index in [-0.39, 0.29) is 22.7 Å². The molecule has 2 aliphatic heterocycles. The van der Waals surface area contributed by atoms with E-state index < -0.39 is 0 Å². The van der Waals surface area contributed by atoms with Gasteiger partial charge < -0.3 is 0 Å². The normalized spacial score (nSPS) is 43.5. The van der Waals surface area contributed by atoms with Crippen molar-refractivity contribution in [2.45, 2.75) is 13.0 Å². The molecule has 10 heavy (non-hydrogen) atoms. The molecule has 5 nitrogen and oxygen atoms in total. The van der Waals surface area contributed by atoms with Crippen molar-refractivity contribution in [3.63, 3.8) is 0 Å². The quantitative estimate of drug-likeness (QED) is 0.355. The van der Waals surface area contributed by atoms with E-state index in [1.807, 2.05) is 6.92 Å². The van der Waals surface area contributed by atoms with Crippen LogP contribution in [0.3, 0.4) is 0 Å². The molecule has 0 radical (unpaired) electrons. The van der Waals surface area contributed by atoms with Gasteiger partial charge in [-0.2, -0.15) is 5.43 Å². The first-order valence-corrected chi connectivity index (χ1v) is 3.17. The Labute approximate surface area is 57.6 Å². The van der Waals surface area contributed by atoms with Crippen LogP contribution in [0.1, 0.15) is 6.92 Å². The Hall–Kier alpha value is -1.10. The van der Waals surface area contributed by atoms with Crippen LogP contribution < -0.4 is 10.7 Å². The van der Waals surface area contributed by atoms with Gasteiger partial charge in [-0.25, -0.2) is 14.9 Å². The Bertz CT molecular complexity index is 227. The summed E-state index contributed by atoms with van der Waals surface area (Å²) in [5, 5.41) is 2.18. The third-order valence-corrected chi connectivity index (χ3v) is 2.05. The summed E-state index contributed by atoms with van der Waals surface area (Å²) in [5.41, 5.74) is 2.54. The van der Waals surface area contributed by atoms with Crippen molar-refractivity contribution in [2.24, 2.45) is 0 Å². The highest BCUT2D eigenvalue weighted by Crippen LogP contribution is 2.29. The Morgan fingerprint density at radius 1 is 1.60 bits per heavy atom. The molecule has 2 unspecified atom stereocenters. The predicted molar refractivity (Wildman–Crippen MR) is 31.7 cm³/mol. The number of quaternary nitrogens is 1. The zero-order chi connectivity index (χ0) is 7.35. The topological polar surface area (TPSA) is 58.2 Å². The number of nitrogens with one attached hydrogen (secondary N) is 2. The lowest BCUT2D eigenvalue weighted by Gasteiger charge is -2.02. The summed E-state index contributed by atoms with van der Waals surface area (Å²) in [6.07, 6.45) is 0. The first kappa shape index (κ1) is 5.67. The first-order valence-electron chi connectivity index (χ1n) is 3.17. The van der Waals surface area contributed by atoms with Gasteiger partial charge in [-0.05, 0) is 6.92 Å². The number of imide groups is 1. The molecule has 4 amide bonds. The van der Waals surface area contributed by atoms with E-state index in [2.05, 4.69) is 10.7 Å². The lowest BCUT2D eigenvalue weighted by atomic mass is 10.6. The van der Waals surface area contributed by atoms with Gasteiger partial charge in [0.05, 0.1) is 0 Å². The van der Waals surface area contributed by atoms with Gasteiger partial charge in [0.25, 0.3) is 0 Å². The summed E-state index contributed by atoms with van der Waals surface area (Å²) in [6.45, 7) is 2.64. The Kier molecular flexibility index (Phi) is 0.746. The van der Waals surface area contributed by atoms with Crippen LogP contribution >= 0.6 is 0 Å². The van der Waals surface area contributed by atoms with Crippen molar-refractivity contribution in [2.75, 3.05) is 6.54 Å². The van der Waals surface area contributed by atoms with Gasteiger partial charge in [0.2, 0.25) is 0 Å². The number of hydrogen-bond donors (Lipinski definition) is 2. The second-order valence-electron chi connectivity index (χ2n) is 2.77. The Balaban J connectivity index is 2.26. The average molecular weight is 142 g/mol. The van der Waals surface area contributed by atoms with Crippen LogP contribution in [0.2, 0.25) is 0 Å². The smallest absolute Gasteiger partial charge is 0.243 e. The lowest BCUT2D eigenvalue weighted by Crippen LogP contribution is -2.40. The second-order valence-corrected chi connectivity index (χ2v) is 2.77. The van der Waals surface area contributed by atoms with Crippen molar-refractivity contribution in [1.29, 1.82) is 0 Å². The molecule has 1 spiro atoms. The van der Waals surface area contributed by atoms with Crippen LogP contribution in [0.25, 0.3) is 0 Å². The fraction of sp³-hybridized carbons (Fsp3) is 0.600. The minimum atomic E-state index is -0.380. The standard InChI is InChI=1S/C5H7N3O2/c1-3-2-8(3)5(10)6-4(9)7-8/h3H,2H2,1H3,(H-,6,7,9,10)/p+1. The van der Waals surface area contributed by atoms with E-state index in [0.29, 0.717) is 0 Å². The molecule has 2 heterocycles. The van der Waals surface area contributed by atoms with Crippen molar-refractivity contribution >= 4 is 12.1 Å². The van der Waals surface area contributed by atoms with E-state index in [4.69, 9.17) is 0 Å². The SMILES string of the molecule is CC1C[N+]12NC(=O)NC2=O. The summed E-state index contributed by atoms with van der Waals surface area (Å²) < 4.78 is 0.110. The van der Waals surface area contributed by atoms with Crippen LogP contribution in [0.4, 0.5) is 9.59 Å². The molecule has 2 aliphatic rings. The van der Waals surface area contributed by atoms with Gasteiger partial charge in [0.15, 0.2) is 12.6 Å². The number of rotatable bonds is 0. The van der Waals surface area contributed by atoms with Gasteiger partial charge in [-0.3, -0.25) is 0 Å². The predicted octanol–water partition coefficient (Wildman–Crippen LogP) is -0.447. The molecule has 2 atom stereocenters. The minimum Gasteiger partial charge on any atom is -0.243 e.